The van der Waals surface area contributed by atoms with Crippen molar-refractivity contribution in [2.75, 3.05) is 13.2 Å². The second kappa shape index (κ2) is 8.60. The Morgan fingerprint density at radius 2 is 2.00 bits per heavy atom. The highest BCUT2D eigenvalue weighted by Crippen LogP contribution is 1.94. The van der Waals surface area contributed by atoms with E-state index in [1.165, 1.54) is 10.8 Å². The molecule has 1 aromatic rings. The van der Waals surface area contributed by atoms with Crippen LogP contribution in [0.3, 0.4) is 0 Å². The molecule has 1 aromatic heterocycles. The predicted octanol–water partition coefficient (Wildman–Crippen LogP) is -0.102. The first-order valence-corrected chi connectivity index (χ1v) is 6.69. The van der Waals surface area contributed by atoms with Crippen LogP contribution in [0.25, 0.3) is 0 Å². The number of nitrogens with one attached hydrogen (secondary N) is 1. The molecule has 0 radical (unpaired) electrons. The first-order chi connectivity index (χ1) is 10.4. The summed E-state index contributed by atoms with van der Waals surface area (Å²) in [5.74, 6) is -1.01. The van der Waals surface area contributed by atoms with E-state index in [1.54, 1.807) is 6.92 Å². The number of hydrogen-bond donors (Lipinski definition) is 1. The number of carbonyl (C=O) groups is 2. The van der Waals surface area contributed by atoms with Crippen molar-refractivity contribution in [1.82, 2.24) is 9.55 Å². The van der Waals surface area contributed by atoms with Gasteiger partial charge < -0.3 is 9.47 Å². The lowest BCUT2D eigenvalue weighted by atomic mass is 10.3. The van der Waals surface area contributed by atoms with Crippen LogP contribution in [0, 0.1) is 6.92 Å². The zero-order valence-corrected chi connectivity index (χ0v) is 12.3. The quantitative estimate of drug-likeness (QED) is 0.408. The second-order valence-electron chi connectivity index (χ2n) is 4.46. The summed E-state index contributed by atoms with van der Waals surface area (Å²) < 4.78 is 10.9. The fraction of sp³-hybridized carbons (Fsp3) is 0.429. The summed E-state index contributed by atoms with van der Waals surface area (Å²) >= 11 is 0. The van der Waals surface area contributed by atoms with Gasteiger partial charge in [0.15, 0.2) is 0 Å². The number of aromatic nitrogens is 2. The number of ether oxygens (including phenoxy) is 2. The van der Waals surface area contributed by atoms with E-state index in [1.807, 2.05) is 0 Å². The molecule has 8 heteroatoms. The number of carbonyl (C=O) groups excluding carboxylic acids is 2. The van der Waals surface area contributed by atoms with Gasteiger partial charge in [-0.25, -0.2) is 9.59 Å². The number of hydrogen-bond acceptors (Lipinski definition) is 6. The van der Waals surface area contributed by atoms with E-state index in [4.69, 9.17) is 9.47 Å². The molecule has 22 heavy (non-hydrogen) atoms. The van der Waals surface area contributed by atoms with Crippen molar-refractivity contribution in [3.05, 3.63) is 45.3 Å². The van der Waals surface area contributed by atoms with Crippen molar-refractivity contribution in [2.45, 2.75) is 26.3 Å². The van der Waals surface area contributed by atoms with Gasteiger partial charge in [0.25, 0.3) is 5.56 Å². The molecule has 0 aliphatic carbocycles. The Morgan fingerprint density at radius 3 is 2.68 bits per heavy atom. The molecule has 120 valence electrons. The molecular weight excluding hydrogens is 292 g/mol. The standard InChI is InChI=1S/C14H18N2O6/c1-3-11(17)21-7-4-8-22-12(18)5-6-16-9-10(2)13(19)15-14(16)20/h3,9H,1,4-8H2,2H3,(H,15,19,20). The van der Waals surface area contributed by atoms with Crippen molar-refractivity contribution in [3.63, 3.8) is 0 Å². The Kier molecular flexibility index (Phi) is 6.81. The lowest BCUT2D eigenvalue weighted by molar-refractivity contribution is -0.144. The Hall–Kier alpha value is -2.64. The van der Waals surface area contributed by atoms with Crippen LogP contribution in [-0.4, -0.2) is 34.7 Å². The van der Waals surface area contributed by atoms with Crippen molar-refractivity contribution < 1.29 is 19.1 Å². The molecule has 0 saturated heterocycles. The smallest absolute Gasteiger partial charge is 0.330 e. The van der Waals surface area contributed by atoms with Crippen LogP contribution in [0.4, 0.5) is 0 Å². The summed E-state index contributed by atoms with van der Waals surface area (Å²) in [6, 6.07) is 0. The van der Waals surface area contributed by atoms with Crippen LogP contribution < -0.4 is 11.2 Å². The van der Waals surface area contributed by atoms with Gasteiger partial charge in [-0.2, -0.15) is 0 Å². The fourth-order valence-corrected chi connectivity index (χ4v) is 1.55. The van der Waals surface area contributed by atoms with E-state index in [0.717, 1.165) is 6.08 Å². The summed E-state index contributed by atoms with van der Waals surface area (Å²) in [7, 11) is 0. The minimum Gasteiger partial charge on any atom is -0.465 e. The summed E-state index contributed by atoms with van der Waals surface area (Å²) in [5.41, 5.74) is -0.630. The molecule has 0 aliphatic heterocycles. The Bertz CT molecular complexity index is 658. The van der Waals surface area contributed by atoms with Gasteiger partial charge in [-0.3, -0.25) is 19.1 Å². The zero-order valence-electron chi connectivity index (χ0n) is 12.3. The van der Waals surface area contributed by atoms with Gasteiger partial charge in [-0.05, 0) is 6.92 Å². The molecule has 0 bridgehead atoms. The first kappa shape index (κ1) is 17.4. The number of esters is 2. The van der Waals surface area contributed by atoms with Gasteiger partial charge in [0.05, 0.1) is 19.6 Å². The molecular formula is C14H18N2O6. The van der Waals surface area contributed by atoms with Crippen LogP contribution in [0.5, 0.6) is 0 Å². The van der Waals surface area contributed by atoms with E-state index in [0.29, 0.717) is 12.0 Å². The summed E-state index contributed by atoms with van der Waals surface area (Å²) in [6.45, 7) is 5.18. The molecule has 0 unspecified atom stereocenters. The lowest BCUT2D eigenvalue weighted by Gasteiger charge is -2.07. The second-order valence-corrected chi connectivity index (χ2v) is 4.46. The Labute approximate surface area is 126 Å². The number of rotatable bonds is 8. The highest BCUT2D eigenvalue weighted by Gasteiger charge is 2.06. The summed E-state index contributed by atoms with van der Waals surface area (Å²) in [5, 5.41) is 0. The maximum Gasteiger partial charge on any atom is 0.330 e. The predicted molar refractivity (Wildman–Crippen MR) is 77.4 cm³/mol. The van der Waals surface area contributed by atoms with Crippen LogP contribution in [-0.2, 0) is 25.6 Å². The Morgan fingerprint density at radius 1 is 1.32 bits per heavy atom. The maximum atomic E-state index is 11.5. The van der Waals surface area contributed by atoms with Crippen molar-refractivity contribution >= 4 is 11.9 Å². The van der Waals surface area contributed by atoms with E-state index in [-0.39, 0.29) is 26.2 Å². The number of aryl methyl sites for hydroxylation is 2. The highest BCUT2D eigenvalue weighted by atomic mass is 16.5. The minimum absolute atomic E-state index is 0.00215. The maximum absolute atomic E-state index is 11.5. The third-order valence-corrected chi connectivity index (χ3v) is 2.71. The molecule has 0 fully saturated rings. The molecule has 0 saturated carbocycles. The topological polar surface area (TPSA) is 107 Å². The highest BCUT2D eigenvalue weighted by molar-refractivity contribution is 5.81. The molecule has 0 amide bonds. The normalized spacial score (nSPS) is 10.0. The molecule has 0 aromatic carbocycles. The average Bonchev–Trinajstić information content (AvgIpc) is 2.48. The lowest BCUT2D eigenvalue weighted by Crippen LogP contribution is -2.31. The third-order valence-electron chi connectivity index (χ3n) is 2.71. The van der Waals surface area contributed by atoms with Crippen LogP contribution in [0.2, 0.25) is 0 Å². The monoisotopic (exact) mass is 310 g/mol. The van der Waals surface area contributed by atoms with Crippen LogP contribution >= 0.6 is 0 Å². The fourth-order valence-electron chi connectivity index (χ4n) is 1.55. The summed E-state index contributed by atoms with van der Waals surface area (Å²) in [4.78, 5) is 47.1. The molecule has 1 rings (SSSR count). The number of H-pyrrole nitrogens is 1. The van der Waals surface area contributed by atoms with E-state index < -0.39 is 23.2 Å². The van der Waals surface area contributed by atoms with Crippen LogP contribution in [0.1, 0.15) is 18.4 Å². The number of nitrogens with zero attached hydrogens (tertiary/aromatic N) is 1. The average molecular weight is 310 g/mol. The summed E-state index contributed by atoms with van der Waals surface area (Å²) in [6.07, 6.45) is 2.82. The molecule has 0 aliphatic rings. The molecule has 1 N–H and O–H groups in total. The van der Waals surface area contributed by atoms with Gasteiger partial charge in [-0.15, -0.1) is 0 Å². The minimum atomic E-state index is -0.570. The van der Waals surface area contributed by atoms with E-state index in [9.17, 15) is 19.2 Å². The molecule has 0 atom stereocenters. The molecule has 0 spiro atoms. The first-order valence-electron chi connectivity index (χ1n) is 6.69. The van der Waals surface area contributed by atoms with Crippen molar-refractivity contribution in [2.24, 2.45) is 0 Å². The SMILES string of the molecule is C=CC(=O)OCCCOC(=O)CCn1cc(C)c(=O)[nH]c1=O. The Balaban J connectivity index is 2.30. The van der Waals surface area contributed by atoms with Gasteiger partial charge in [0.2, 0.25) is 0 Å². The van der Waals surface area contributed by atoms with Gasteiger partial charge >= 0.3 is 17.6 Å². The molecule has 1 heterocycles. The zero-order chi connectivity index (χ0) is 16.5. The van der Waals surface area contributed by atoms with Crippen molar-refractivity contribution in [1.29, 1.82) is 0 Å². The number of aromatic amines is 1. The van der Waals surface area contributed by atoms with Gasteiger partial charge in [-0.1, -0.05) is 6.58 Å². The largest absolute Gasteiger partial charge is 0.465 e. The van der Waals surface area contributed by atoms with E-state index >= 15 is 0 Å². The van der Waals surface area contributed by atoms with Crippen LogP contribution in [0.15, 0.2) is 28.4 Å². The van der Waals surface area contributed by atoms with Gasteiger partial charge in [0.1, 0.15) is 0 Å². The third kappa shape index (κ3) is 5.78. The van der Waals surface area contributed by atoms with E-state index in [2.05, 4.69) is 11.6 Å². The van der Waals surface area contributed by atoms with Gasteiger partial charge in [0, 0.05) is 30.8 Å². The molecule has 8 nitrogen and oxygen atoms in total. The van der Waals surface area contributed by atoms with Crippen molar-refractivity contribution in [3.8, 4) is 0 Å².